The molecule has 0 radical (unpaired) electrons. The number of methoxy groups -OCH3 is 1. The third kappa shape index (κ3) is 4.34. The molecule has 0 aliphatic carbocycles. The Balaban J connectivity index is 0.00000196. The van der Waals surface area contributed by atoms with Crippen LogP contribution in [0.4, 0.5) is 0 Å². The van der Waals surface area contributed by atoms with Crippen molar-refractivity contribution in [2.75, 3.05) is 26.9 Å². The van der Waals surface area contributed by atoms with Crippen LogP contribution in [0.25, 0.3) is 0 Å². The van der Waals surface area contributed by atoms with Gasteiger partial charge in [0, 0.05) is 13.7 Å². The average molecular weight is 239 g/mol. The first kappa shape index (κ1) is 14.6. The smallest absolute Gasteiger partial charge is 0.239 e. The molecule has 5 nitrogen and oxygen atoms in total. The van der Waals surface area contributed by atoms with Crippen LogP contribution < -0.4 is 11.1 Å². The summed E-state index contributed by atoms with van der Waals surface area (Å²) in [6, 6.07) is -0.600. The zero-order valence-corrected chi connectivity index (χ0v) is 9.93. The summed E-state index contributed by atoms with van der Waals surface area (Å²) in [5.74, 6) is -0.181. The van der Waals surface area contributed by atoms with Gasteiger partial charge in [-0.1, -0.05) is 0 Å². The Morgan fingerprint density at radius 2 is 2.40 bits per heavy atom. The van der Waals surface area contributed by atoms with E-state index in [-0.39, 0.29) is 30.5 Å². The fraction of sp³-hybridized carbons (Fsp3) is 0.889. The van der Waals surface area contributed by atoms with Gasteiger partial charge in [-0.25, -0.2) is 0 Å². The third-order valence-corrected chi connectivity index (χ3v) is 2.33. The zero-order chi connectivity index (χ0) is 10.6. The van der Waals surface area contributed by atoms with E-state index >= 15 is 0 Å². The van der Waals surface area contributed by atoms with Gasteiger partial charge in [0.1, 0.15) is 6.04 Å². The summed E-state index contributed by atoms with van der Waals surface area (Å²) in [5, 5.41) is 2.87. The highest BCUT2D eigenvalue weighted by atomic mass is 35.5. The van der Waals surface area contributed by atoms with Crippen LogP contribution in [0.5, 0.6) is 0 Å². The Morgan fingerprint density at radius 3 is 2.87 bits per heavy atom. The maximum Gasteiger partial charge on any atom is 0.239 e. The van der Waals surface area contributed by atoms with Crippen LogP contribution in [0, 0.1) is 0 Å². The first-order chi connectivity index (χ1) is 6.57. The molecule has 3 N–H and O–H groups in total. The SMILES string of the molecule is COCC(N)C(=O)NC1(C)CCOC1.Cl. The second kappa shape index (κ2) is 6.27. The molecule has 1 rings (SSSR count). The van der Waals surface area contributed by atoms with Crippen LogP contribution in [0.15, 0.2) is 0 Å². The molecule has 2 unspecified atom stereocenters. The summed E-state index contributed by atoms with van der Waals surface area (Å²) in [7, 11) is 1.52. The summed E-state index contributed by atoms with van der Waals surface area (Å²) >= 11 is 0. The Labute approximate surface area is 96.1 Å². The number of hydrogen-bond acceptors (Lipinski definition) is 4. The topological polar surface area (TPSA) is 73.6 Å². The van der Waals surface area contributed by atoms with Crippen molar-refractivity contribution in [2.24, 2.45) is 5.73 Å². The largest absolute Gasteiger partial charge is 0.383 e. The lowest BCUT2D eigenvalue weighted by Crippen LogP contribution is -2.53. The van der Waals surface area contributed by atoms with Gasteiger partial charge in [-0.2, -0.15) is 0 Å². The van der Waals surface area contributed by atoms with Gasteiger partial charge >= 0.3 is 0 Å². The summed E-state index contributed by atoms with van der Waals surface area (Å²) in [6.45, 7) is 3.44. The maximum atomic E-state index is 11.5. The Kier molecular flexibility index (Phi) is 6.12. The van der Waals surface area contributed by atoms with E-state index in [1.165, 1.54) is 7.11 Å². The van der Waals surface area contributed by atoms with Crippen LogP contribution in [-0.4, -0.2) is 44.4 Å². The van der Waals surface area contributed by atoms with Crippen LogP contribution in [-0.2, 0) is 14.3 Å². The third-order valence-electron chi connectivity index (χ3n) is 2.33. The minimum Gasteiger partial charge on any atom is -0.383 e. The molecule has 1 amide bonds. The van der Waals surface area contributed by atoms with Gasteiger partial charge in [-0.05, 0) is 13.3 Å². The van der Waals surface area contributed by atoms with Gasteiger partial charge in [0.15, 0.2) is 0 Å². The monoisotopic (exact) mass is 238 g/mol. The van der Waals surface area contributed by atoms with Gasteiger partial charge < -0.3 is 20.5 Å². The lowest BCUT2D eigenvalue weighted by Gasteiger charge is -2.25. The number of rotatable bonds is 4. The van der Waals surface area contributed by atoms with E-state index in [1.807, 2.05) is 6.92 Å². The molecule has 1 aliphatic rings. The normalized spacial score (nSPS) is 26.9. The van der Waals surface area contributed by atoms with Crippen LogP contribution in [0.1, 0.15) is 13.3 Å². The lowest BCUT2D eigenvalue weighted by atomic mass is 10.0. The Hall–Kier alpha value is -0.360. The van der Waals surface area contributed by atoms with Crippen molar-refractivity contribution in [3.8, 4) is 0 Å². The number of hydrogen-bond donors (Lipinski definition) is 2. The lowest BCUT2D eigenvalue weighted by molar-refractivity contribution is -0.125. The number of nitrogens with one attached hydrogen (secondary N) is 1. The molecule has 0 spiro atoms. The Morgan fingerprint density at radius 1 is 1.73 bits per heavy atom. The average Bonchev–Trinajstić information content (AvgIpc) is 2.52. The first-order valence-electron chi connectivity index (χ1n) is 4.72. The highest BCUT2D eigenvalue weighted by molar-refractivity contribution is 5.85. The van der Waals surface area contributed by atoms with Crippen LogP contribution >= 0.6 is 12.4 Å². The van der Waals surface area contributed by atoms with Crippen molar-refractivity contribution in [2.45, 2.75) is 24.9 Å². The summed E-state index contributed by atoms with van der Waals surface area (Å²) in [5.41, 5.74) is 5.33. The van der Waals surface area contributed by atoms with E-state index in [1.54, 1.807) is 0 Å². The standard InChI is InChI=1S/C9H18N2O3.ClH/c1-9(3-4-14-6-9)11-8(12)7(10)5-13-2;/h7H,3-6,10H2,1-2H3,(H,11,12);1H. The quantitative estimate of drug-likeness (QED) is 0.704. The zero-order valence-electron chi connectivity index (χ0n) is 9.12. The number of amides is 1. The first-order valence-corrected chi connectivity index (χ1v) is 4.72. The predicted molar refractivity (Wildman–Crippen MR) is 59.1 cm³/mol. The van der Waals surface area contributed by atoms with Crippen LogP contribution in [0.3, 0.4) is 0 Å². The number of carbonyl (C=O) groups is 1. The van der Waals surface area contributed by atoms with E-state index in [0.29, 0.717) is 13.2 Å². The van der Waals surface area contributed by atoms with Crippen molar-refractivity contribution >= 4 is 18.3 Å². The van der Waals surface area contributed by atoms with Crippen molar-refractivity contribution in [1.82, 2.24) is 5.32 Å². The van der Waals surface area contributed by atoms with E-state index in [9.17, 15) is 4.79 Å². The van der Waals surface area contributed by atoms with Gasteiger partial charge in [-0.15, -0.1) is 12.4 Å². The molecule has 90 valence electrons. The molecule has 1 saturated heterocycles. The van der Waals surface area contributed by atoms with Gasteiger partial charge in [0.05, 0.1) is 18.8 Å². The minimum absolute atomic E-state index is 0. The number of nitrogens with two attached hydrogens (primary N) is 1. The van der Waals surface area contributed by atoms with Gasteiger partial charge in [0.25, 0.3) is 0 Å². The second-order valence-electron chi connectivity index (χ2n) is 3.91. The molecule has 1 fully saturated rings. The number of halogens is 1. The fourth-order valence-corrected chi connectivity index (χ4v) is 1.41. The van der Waals surface area contributed by atoms with Crippen LogP contribution in [0.2, 0.25) is 0 Å². The van der Waals surface area contributed by atoms with Crippen molar-refractivity contribution in [3.63, 3.8) is 0 Å². The molecule has 1 aliphatic heterocycles. The molecule has 1 heterocycles. The molecule has 0 aromatic heterocycles. The van der Waals surface area contributed by atoms with E-state index < -0.39 is 6.04 Å². The summed E-state index contributed by atoms with van der Waals surface area (Å²) in [4.78, 5) is 11.5. The summed E-state index contributed by atoms with van der Waals surface area (Å²) < 4.78 is 10.0. The van der Waals surface area contributed by atoms with Crippen molar-refractivity contribution in [1.29, 1.82) is 0 Å². The maximum absolute atomic E-state index is 11.5. The number of carbonyl (C=O) groups excluding carboxylic acids is 1. The highest BCUT2D eigenvalue weighted by Crippen LogP contribution is 2.17. The molecular formula is C9H19ClN2O3. The fourth-order valence-electron chi connectivity index (χ4n) is 1.41. The molecular weight excluding hydrogens is 220 g/mol. The number of ether oxygens (including phenoxy) is 2. The minimum atomic E-state index is -0.600. The van der Waals surface area contributed by atoms with Gasteiger partial charge in [-0.3, -0.25) is 4.79 Å². The molecule has 0 aromatic rings. The van der Waals surface area contributed by atoms with Gasteiger partial charge in [0.2, 0.25) is 5.91 Å². The molecule has 2 atom stereocenters. The molecule has 6 heteroatoms. The van der Waals surface area contributed by atoms with E-state index in [4.69, 9.17) is 15.2 Å². The van der Waals surface area contributed by atoms with E-state index in [2.05, 4.69) is 5.32 Å². The second-order valence-corrected chi connectivity index (χ2v) is 3.91. The molecule has 0 saturated carbocycles. The highest BCUT2D eigenvalue weighted by Gasteiger charge is 2.32. The Bertz CT molecular complexity index is 208. The molecule has 15 heavy (non-hydrogen) atoms. The van der Waals surface area contributed by atoms with Crippen molar-refractivity contribution in [3.05, 3.63) is 0 Å². The van der Waals surface area contributed by atoms with Crippen molar-refractivity contribution < 1.29 is 14.3 Å². The predicted octanol–water partition coefficient (Wildman–Crippen LogP) is -0.323. The molecule has 0 aromatic carbocycles. The summed E-state index contributed by atoms with van der Waals surface area (Å²) in [6.07, 6.45) is 0.832. The van der Waals surface area contributed by atoms with E-state index in [0.717, 1.165) is 6.42 Å². The molecule has 0 bridgehead atoms.